The molecule has 0 saturated carbocycles. The number of hydrogen-bond donors (Lipinski definition) is 3. The Morgan fingerprint density at radius 3 is 2.62 bits per heavy atom. The molecule has 1 aromatic carbocycles. The molecule has 1 aliphatic rings. The van der Waals surface area contributed by atoms with Crippen LogP contribution in [0.5, 0.6) is 0 Å². The smallest absolute Gasteiger partial charge is 0.244 e. The minimum atomic E-state index is -4.10. The Bertz CT molecular complexity index is 762. The van der Waals surface area contributed by atoms with Crippen LogP contribution in [-0.4, -0.2) is 23.0 Å². The van der Waals surface area contributed by atoms with Gasteiger partial charge in [0.2, 0.25) is 20.0 Å². The number of anilines is 1. The third-order valence-electron chi connectivity index (χ3n) is 3.10. The van der Waals surface area contributed by atoms with E-state index in [9.17, 15) is 16.8 Å². The largest absolute Gasteiger partial charge is 0.368 e. The first kappa shape index (κ1) is 16.5. The van der Waals surface area contributed by atoms with Crippen molar-refractivity contribution in [2.45, 2.75) is 42.1 Å². The normalized spacial score (nSPS) is 20.6. The van der Waals surface area contributed by atoms with Gasteiger partial charge in [-0.2, -0.15) is 4.72 Å². The maximum Gasteiger partial charge on any atom is 0.244 e. The Kier molecular flexibility index (Phi) is 4.50. The minimum Gasteiger partial charge on any atom is -0.368 e. The van der Waals surface area contributed by atoms with Crippen LogP contribution in [0.25, 0.3) is 0 Å². The summed E-state index contributed by atoms with van der Waals surface area (Å²) in [4.78, 5) is -0.592. The van der Waals surface area contributed by atoms with E-state index in [0.29, 0.717) is 6.42 Å². The highest BCUT2D eigenvalue weighted by molar-refractivity contribution is 7.90. The number of benzene rings is 1. The Morgan fingerprint density at radius 1 is 1.38 bits per heavy atom. The fraction of sp³-hybridized carbons (Fsp3) is 0.455. The maximum absolute atomic E-state index is 12.2. The van der Waals surface area contributed by atoms with Gasteiger partial charge >= 0.3 is 0 Å². The van der Waals surface area contributed by atoms with E-state index in [-0.39, 0.29) is 15.6 Å². The molecule has 0 aliphatic carbocycles. The molecule has 0 radical (unpaired) electrons. The van der Waals surface area contributed by atoms with Crippen LogP contribution in [0.4, 0.5) is 5.69 Å². The summed E-state index contributed by atoms with van der Waals surface area (Å²) in [5.74, 6) is 0. The Morgan fingerprint density at radius 2 is 2.05 bits per heavy atom. The van der Waals surface area contributed by atoms with Gasteiger partial charge in [-0.3, -0.25) is 0 Å². The Labute approximate surface area is 129 Å². The molecule has 0 bridgehead atoms. The van der Waals surface area contributed by atoms with E-state index in [0.717, 1.165) is 18.9 Å². The molecule has 4 N–H and O–H groups in total. The third kappa shape index (κ3) is 3.49. The molecule has 2 rings (SSSR count). The fourth-order valence-corrected chi connectivity index (χ4v) is 4.63. The number of primary sulfonamides is 1. The molecular formula is C11H16ClN3O4S2. The Balaban J connectivity index is 2.51. The first-order valence-corrected chi connectivity index (χ1v) is 9.71. The van der Waals surface area contributed by atoms with Crippen molar-refractivity contribution in [2.75, 3.05) is 5.32 Å². The topological polar surface area (TPSA) is 118 Å². The molecule has 0 fully saturated rings. The second-order valence-electron chi connectivity index (χ2n) is 4.78. The molecule has 1 aromatic rings. The quantitative estimate of drug-likeness (QED) is 0.751. The number of nitrogens with one attached hydrogen (secondary N) is 2. The lowest BCUT2D eigenvalue weighted by atomic mass is 10.2. The van der Waals surface area contributed by atoms with Gasteiger partial charge in [-0.15, -0.1) is 0 Å². The molecule has 21 heavy (non-hydrogen) atoms. The average Bonchev–Trinajstić information content (AvgIpc) is 2.33. The summed E-state index contributed by atoms with van der Waals surface area (Å²) in [6.07, 6.45) is 1.94. The van der Waals surface area contributed by atoms with Crippen LogP contribution in [0.15, 0.2) is 21.9 Å². The SMILES string of the molecule is CCCCC1Nc2cc(Cl)c(S(N)(=O)=O)cc2S(=O)(=O)N1. The number of hydrogen-bond acceptors (Lipinski definition) is 5. The van der Waals surface area contributed by atoms with Gasteiger partial charge < -0.3 is 5.32 Å². The zero-order chi connectivity index (χ0) is 15.8. The van der Waals surface area contributed by atoms with Crippen LogP contribution < -0.4 is 15.2 Å². The van der Waals surface area contributed by atoms with Crippen LogP contribution in [0.2, 0.25) is 5.02 Å². The van der Waals surface area contributed by atoms with Crippen molar-refractivity contribution in [1.29, 1.82) is 0 Å². The van der Waals surface area contributed by atoms with E-state index >= 15 is 0 Å². The molecule has 118 valence electrons. The lowest BCUT2D eigenvalue weighted by molar-refractivity contribution is 0.531. The van der Waals surface area contributed by atoms with Gasteiger partial charge in [-0.05, 0) is 18.6 Å². The van der Waals surface area contributed by atoms with E-state index in [2.05, 4.69) is 10.0 Å². The highest BCUT2D eigenvalue weighted by atomic mass is 35.5. The van der Waals surface area contributed by atoms with Crippen molar-refractivity contribution in [1.82, 2.24) is 4.72 Å². The molecule has 0 amide bonds. The summed E-state index contributed by atoms with van der Waals surface area (Å²) in [6.45, 7) is 2.00. The standard InChI is InChI=1S/C11H16ClN3O4S2/c1-2-3-4-11-14-8-5-7(12)9(20(13,16)17)6-10(8)21(18,19)15-11/h5-6,11,14-15H,2-4H2,1H3,(H2,13,16,17). The molecule has 0 spiro atoms. The highest BCUT2D eigenvalue weighted by Gasteiger charge is 2.31. The molecule has 0 aromatic heterocycles. The number of rotatable bonds is 4. The molecule has 1 heterocycles. The van der Waals surface area contributed by atoms with Crippen molar-refractivity contribution in [3.63, 3.8) is 0 Å². The summed E-state index contributed by atoms with van der Waals surface area (Å²) >= 11 is 5.88. The second kappa shape index (κ2) is 5.73. The average molecular weight is 354 g/mol. The molecule has 1 atom stereocenters. The molecule has 1 aliphatic heterocycles. The number of unbranched alkanes of at least 4 members (excludes halogenated alkanes) is 1. The van der Waals surface area contributed by atoms with Crippen LogP contribution in [0.3, 0.4) is 0 Å². The first-order valence-electron chi connectivity index (χ1n) is 6.30. The van der Waals surface area contributed by atoms with Crippen LogP contribution in [-0.2, 0) is 20.0 Å². The van der Waals surface area contributed by atoms with Crippen molar-refractivity contribution in [3.05, 3.63) is 17.2 Å². The van der Waals surface area contributed by atoms with Gasteiger partial charge in [0.05, 0.1) is 16.9 Å². The lowest BCUT2D eigenvalue weighted by Gasteiger charge is -2.28. The van der Waals surface area contributed by atoms with Gasteiger partial charge in [0.1, 0.15) is 9.79 Å². The zero-order valence-electron chi connectivity index (χ0n) is 11.3. The van der Waals surface area contributed by atoms with Gasteiger partial charge in [0.15, 0.2) is 0 Å². The minimum absolute atomic E-state index is 0.116. The predicted molar refractivity (Wildman–Crippen MR) is 80.1 cm³/mol. The van der Waals surface area contributed by atoms with E-state index in [1.54, 1.807) is 0 Å². The van der Waals surface area contributed by atoms with Crippen molar-refractivity contribution < 1.29 is 16.8 Å². The van der Waals surface area contributed by atoms with E-state index in [1.165, 1.54) is 6.07 Å². The lowest BCUT2D eigenvalue weighted by Crippen LogP contribution is -2.44. The van der Waals surface area contributed by atoms with Crippen LogP contribution >= 0.6 is 11.6 Å². The molecule has 10 heteroatoms. The van der Waals surface area contributed by atoms with Gasteiger partial charge in [0.25, 0.3) is 0 Å². The summed E-state index contributed by atoms with van der Waals surface area (Å²) in [5, 5.41) is 7.91. The first-order chi connectivity index (χ1) is 9.65. The summed E-state index contributed by atoms with van der Waals surface area (Å²) in [7, 11) is -7.91. The van der Waals surface area contributed by atoms with Crippen molar-refractivity contribution >= 4 is 37.3 Å². The number of fused-ring (bicyclic) bond motifs is 1. The van der Waals surface area contributed by atoms with Gasteiger partial charge in [-0.25, -0.2) is 22.0 Å². The molecular weight excluding hydrogens is 338 g/mol. The second-order valence-corrected chi connectivity index (χ2v) is 8.40. The molecule has 1 unspecified atom stereocenters. The van der Waals surface area contributed by atoms with Crippen LogP contribution in [0, 0.1) is 0 Å². The number of nitrogens with two attached hydrogens (primary N) is 1. The summed E-state index contributed by atoms with van der Waals surface area (Å²) < 4.78 is 49.7. The highest BCUT2D eigenvalue weighted by Crippen LogP contribution is 2.34. The summed E-state index contributed by atoms with van der Waals surface area (Å²) in [5.41, 5.74) is 0.271. The fourth-order valence-electron chi connectivity index (χ4n) is 2.10. The maximum atomic E-state index is 12.2. The number of halogens is 1. The van der Waals surface area contributed by atoms with E-state index < -0.39 is 31.1 Å². The van der Waals surface area contributed by atoms with E-state index in [1.807, 2.05) is 6.92 Å². The van der Waals surface area contributed by atoms with Crippen LogP contribution in [0.1, 0.15) is 26.2 Å². The Hall–Kier alpha value is -0.870. The zero-order valence-corrected chi connectivity index (χ0v) is 13.6. The van der Waals surface area contributed by atoms with Gasteiger partial charge in [0, 0.05) is 0 Å². The molecule has 7 nitrogen and oxygen atoms in total. The number of sulfonamides is 2. The third-order valence-corrected chi connectivity index (χ3v) is 5.99. The monoisotopic (exact) mass is 353 g/mol. The molecule has 0 saturated heterocycles. The van der Waals surface area contributed by atoms with Crippen molar-refractivity contribution in [3.8, 4) is 0 Å². The predicted octanol–water partition coefficient (Wildman–Crippen LogP) is 1.21. The van der Waals surface area contributed by atoms with Gasteiger partial charge in [-0.1, -0.05) is 31.4 Å². The van der Waals surface area contributed by atoms with E-state index in [4.69, 9.17) is 16.7 Å². The summed E-state index contributed by atoms with van der Waals surface area (Å²) in [6, 6.07) is 2.24. The van der Waals surface area contributed by atoms with Crippen molar-refractivity contribution in [2.24, 2.45) is 5.14 Å².